The average molecular weight is 179 g/mol. The third-order valence-electron chi connectivity index (χ3n) is 1.75. The summed E-state index contributed by atoms with van der Waals surface area (Å²) in [4.78, 5) is 11.3. The molecule has 1 aromatic rings. The fourth-order valence-corrected chi connectivity index (χ4v) is 0.811. The highest BCUT2D eigenvalue weighted by atomic mass is 16.5. The van der Waals surface area contributed by atoms with Gasteiger partial charge in [0.05, 0.1) is 0 Å². The van der Waals surface area contributed by atoms with E-state index in [9.17, 15) is 4.79 Å². The Balaban J connectivity index is 2.55. The van der Waals surface area contributed by atoms with Gasteiger partial charge in [-0.15, -0.1) is 0 Å². The molecule has 0 aliphatic heterocycles. The first-order valence-corrected chi connectivity index (χ1v) is 4.18. The van der Waals surface area contributed by atoms with E-state index in [0.717, 1.165) is 0 Å². The largest absolute Gasteiger partial charge is 0.425 e. The normalized spacial score (nSPS) is 12.2. The molecule has 3 heteroatoms. The van der Waals surface area contributed by atoms with Gasteiger partial charge >= 0.3 is 5.97 Å². The predicted molar refractivity (Wildman–Crippen MR) is 50.6 cm³/mol. The maximum atomic E-state index is 11.3. The number of nitrogens with one attached hydrogen (secondary N) is 1. The second kappa shape index (κ2) is 4.62. The summed E-state index contributed by atoms with van der Waals surface area (Å²) in [6, 6.07) is 8.75. The molecule has 13 heavy (non-hydrogen) atoms. The number of carbonyl (C=O) groups is 1. The van der Waals surface area contributed by atoms with Crippen molar-refractivity contribution < 1.29 is 9.53 Å². The average Bonchev–Trinajstić information content (AvgIpc) is 2.18. The lowest BCUT2D eigenvalue weighted by molar-refractivity contribution is -0.136. The lowest BCUT2D eigenvalue weighted by atomic mass is 10.3. The number of carbonyl (C=O) groups excluding carboxylic acids is 1. The Morgan fingerprint density at radius 2 is 2.00 bits per heavy atom. The highest BCUT2D eigenvalue weighted by molar-refractivity contribution is 5.77. The van der Waals surface area contributed by atoms with E-state index in [0.29, 0.717) is 5.75 Å². The van der Waals surface area contributed by atoms with Crippen LogP contribution in [0.3, 0.4) is 0 Å². The number of para-hydroxylation sites is 1. The molecule has 1 atom stereocenters. The zero-order chi connectivity index (χ0) is 9.68. The number of likely N-dealkylation sites (N-methyl/N-ethyl adjacent to an activating group) is 1. The second-order valence-corrected chi connectivity index (χ2v) is 2.74. The van der Waals surface area contributed by atoms with E-state index in [-0.39, 0.29) is 12.0 Å². The minimum atomic E-state index is -0.278. The van der Waals surface area contributed by atoms with Crippen molar-refractivity contribution in [2.45, 2.75) is 13.0 Å². The van der Waals surface area contributed by atoms with Crippen molar-refractivity contribution in [1.29, 1.82) is 0 Å². The Morgan fingerprint density at radius 3 is 2.54 bits per heavy atom. The molecule has 3 nitrogen and oxygen atoms in total. The van der Waals surface area contributed by atoms with Gasteiger partial charge in [0, 0.05) is 0 Å². The van der Waals surface area contributed by atoms with Crippen molar-refractivity contribution in [2.24, 2.45) is 0 Å². The lowest BCUT2D eigenvalue weighted by Gasteiger charge is -2.09. The van der Waals surface area contributed by atoms with Gasteiger partial charge in [0.15, 0.2) is 0 Å². The van der Waals surface area contributed by atoms with E-state index in [4.69, 9.17) is 4.74 Å². The predicted octanol–water partition coefficient (Wildman–Crippen LogP) is 1.20. The van der Waals surface area contributed by atoms with Crippen molar-refractivity contribution in [3.8, 4) is 5.75 Å². The van der Waals surface area contributed by atoms with Crippen LogP contribution in [0.25, 0.3) is 0 Å². The zero-order valence-electron chi connectivity index (χ0n) is 7.78. The second-order valence-electron chi connectivity index (χ2n) is 2.74. The minimum absolute atomic E-state index is 0.270. The van der Waals surface area contributed by atoms with Crippen LogP contribution >= 0.6 is 0 Å². The van der Waals surface area contributed by atoms with Crippen molar-refractivity contribution >= 4 is 5.97 Å². The summed E-state index contributed by atoms with van der Waals surface area (Å²) >= 11 is 0. The van der Waals surface area contributed by atoms with E-state index in [1.807, 2.05) is 18.2 Å². The van der Waals surface area contributed by atoms with Gasteiger partial charge in [-0.25, -0.2) is 4.79 Å². The number of hydrogen-bond acceptors (Lipinski definition) is 3. The zero-order valence-corrected chi connectivity index (χ0v) is 7.78. The molecule has 0 fully saturated rings. The van der Waals surface area contributed by atoms with E-state index >= 15 is 0 Å². The lowest BCUT2D eigenvalue weighted by Crippen LogP contribution is -2.34. The summed E-state index contributed by atoms with van der Waals surface area (Å²) in [5, 5.41) is 2.81. The maximum Gasteiger partial charge on any atom is 0.328 e. The molecule has 1 aromatic carbocycles. The van der Waals surface area contributed by atoms with Gasteiger partial charge in [0.2, 0.25) is 0 Å². The van der Waals surface area contributed by atoms with Crippen molar-refractivity contribution in [2.75, 3.05) is 7.05 Å². The van der Waals surface area contributed by atoms with Gasteiger partial charge in [0.1, 0.15) is 11.8 Å². The third kappa shape index (κ3) is 2.87. The number of rotatable bonds is 3. The first-order chi connectivity index (χ1) is 6.24. The molecule has 0 saturated heterocycles. The molecule has 70 valence electrons. The van der Waals surface area contributed by atoms with Gasteiger partial charge in [-0.05, 0) is 26.1 Å². The number of hydrogen-bond donors (Lipinski definition) is 1. The Kier molecular flexibility index (Phi) is 3.46. The molecule has 0 heterocycles. The molecule has 0 unspecified atom stereocenters. The number of benzene rings is 1. The van der Waals surface area contributed by atoms with Crippen LogP contribution in [0.5, 0.6) is 5.75 Å². The molecule has 0 radical (unpaired) electrons. The molecule has 0 saturated carbocycles. The Labute approximate surface area is 77.7 Å². The molecule has 0 aliphatic carbocycles. The highest BCUT2D eigenvalue weighted by Gasteiger charge is 2.11. The van der Waals surface area contributed by atoms with Crippen LogP contribution in [0.15, 0.2) is 30.3 Å². The van der Waals surface area contributed by atoms with Gasteiger partial charge in [-0.1, -0.05) is 18.2 Å². The van der Waals surface area contributed by atoms with Crippen LogP contribution in [0.4, 0.5) is 0 Å². The SMILES string of the molecule is CN[C@@H](C)C(=O)Oc1ccccc1. The van der Waals surface area contributed by atoms with E-state index in [2.05, 4.69) is 5.32 Å². The van der Waals surface area contributed by atoms with Gasteiger partial charge in [-0.3, -0.25) is 0 Å². The minimum Gasteiger partial charge on any atom is -0.425 e. The first-order valence-electron chi connectivity index (χ1n) is 4.18. The van der Waals surface area contributed by atoms with E-state index in [1.165, 1.54) is 0 Å². The molecule has 0 bridgehead atoms. The molecule has 0 aliphatic rings. The molecule has 1 N–H and O–H groups in total. The van der Waals surface area contributed by atoms with Crippen molar-refractivity contribution in [1.82, 2.24) is 5.32 Å². The molecule has 1 rings (SSSR count). The maximum absolute atomic E-state index is 11.3. The quantitative estimate of drug-likeness (QED) is 0.559. The summed E-state index contributed by atoms with van der Waals surface area (Å²) in [6.45, 7) is 1.76. The van der Waals surface area contributed by atoms with Crippen LogP contribution in [0.2, 0.25) is 0 Å². The molecule has 0 spiro atoms. The van der Waals surface area contributed by atoms with Gasteiger partial charge in [0.25, 0.3) is 0 Å². The third-order valence-corrected chi connectivity index (χ3v) is 1.75. The monoisotopic (exact) mass is 179 g/mol. The summed E-state index contributed by atoms with van der Waals surface area (Å²) in [6.07, 6.45) is 0. The summed E-state index contributed by atoms with van der Waals surface area (Å²) in [7, 11) is 1.72. The van der Waals surface area contributed by atoms with Gasteiger partial charge < -0.3 is 10.1 Å². The summed E-state index contributed by atoms with van der Waals surface area (Å²) in [5.41, 5.74) is 0. The fourth-order valence-electron chi connectivity index (χ4n) is 0.811. The fraction of sp³-hybridized carbons (Fsp3) is 0.300. The molecule has 0 aromatic heterocycles. The Bertz CT molecular complexity index is 272. The highest BCUT2D eigenvalue weighted by Crippen LogP contribution is 2.08. The van der Waals surface area contributed by atoms with E-state index in [1.54, 1.807) is 26.1 Å². The van der Waals surface area contributed by atoms with Crippen LogP contribution in [-0.4, -0.2) is 19.1 Å². The molecule has 0 amide bonds. The first kappa shape index (κ1) is 9.74. The van der Waals surface area contributed by atoms with Gasteiger partial charge in [-0.2, -0.15) is 0 Å². The van der Waals surface area contributed by atoms with Crippen LogP contribution in [-0.2, 0) is 4.79 Å². The summed E-state index contributed by atoms with van der Waals surface area (Å²) in [5.74, 6) is 0.309. The van der Waals surface area contributed by atoms with Crippen molar-refractivity contribution in [3.05, 3.63) is 30.3 Å². The van der Waals surface area contributed by atoms with Crippen LogP contribution in [0.1, 0.15) is 6.92 Å². The van der Waals surface area contributed by atoms with Crippen LogP contribution < -0.4 is 10.1 Å². The van der Waals surface area contributed by atoms with Crippen molar-refractivity contribution in [3.63, 3.8) is 0 Å². The smallest absolute Gasteiger partial charge is 0.328 e. The standard InChI is InChI=1S/C10H13NO2/c1-8(11-2)10(12)13-9-6-4-3-5-7-9/h3-8,11H,1-2H3/t8-/m0/s1. The Morgan fingerprint density at radius 1 is 1.38 bits per heavy atom. The Hall–Kier alpha value is -1.35. The summed E-state index contributed by atoms with van der Waals surface area (Å²) < 4.78 is 5.07. The van der Waals surface area contributed by atoms with Crippen LogP contribution in [0, 0.1) is 0 Å². The molecular formula is C10H13NO2. The number of ether oxygens (including phenoxy) is 1. The molecular weight excluding hydrogens is 166 g/mol. The number of esters is 1. The van der Waals surface area contributed by atoms with E-state index < -0.39 is 0 Å². The topological polar surface area (TPSA) is 38.3 Å².